The minimum Gasteiger partial charge on any atom is -0.495 e. The fourth-order valence-corrected chi connectivity index (χ4v) is 1.39. The first-order valence-electron chi connectivity index (χ1n) is 5.05. The molecule has 0 atom stereocenters. The molecule has 17 heavy (non-hydrogen) atoms. The number of carbonyl (C=O) groups is 2. The summed E-state index contributed by atoms with van der Waals surface area (Å²) in [6.45, 7) is 1.33. The van der Waals surface area contributed by atoms with Crippen molar-refractivity contribution in [2.75, 3.05) is 19.1 Å². The zero-order valence-electron chi connectivity index (χ0n) is 9.99. The molecule has 0 fully saturated rings. The third-order valence-corrected chi connectivity index (χ3v) is 2.28. The van der Waals surface area contributed by atoms with Gasteiger partial charge in [-0.3, -0.25) is 9.59 Å². The molecular weight excluding hydrogens is 225 g/mol. The summed E-state index contributed by atoms with van der Waals surface area (Å²) in [7, 11) is 2.91. The number of Topliss-reactive ketones (excluding diaryl/α,β-unsaturated/α-hetero) is 1. The molecule has 1 amide bonds. The van der Waals surface area contributed by atoms with Crippen molar-refractivity contribution in [2.24, 2.45) is 0 Å². The van der Waals surface area contributed by atoms with Gasteiger partial charge in [-0.1, -0.05) is 0 Å². The van der Waals surface area contributed by atoms with E-state index in [1.807, 2.05) is 0 Å². The zero-order chi connectivity index (χ0) is 13.0. The molecule has 0 aliphatic rings. The van der Waals surface area contributed by atoms with Crippen molar-refractivity contribution in [2.45, 2.75) is 13.3 Å². The smallest absolute Gasteiger partial charge is 0.234 e. The molecule has 5 heteroatoms. The lowest BCUT2D eigenvalue weighted by atomic mass is 10.2. The highest BCUT2D eigenvalue weighted by molar-refractivity contribution is 6.05. The summed E-state index contributed by atoms with van der Waals surface area (Å²) < 4.78 is 18.1. The molecule has 0 saturated heterocycles. The molecule has 0 unspecified atom stereocenters. The number of carbonyl (C=O) groups excluding carboxylic acids is 2. The molecule has 4 nitrogen and oxygen atoms in total. The van der Waals surface area contributed by atoms with Crippen molar-refractivity contribution in [1.29, 1.82) is 0 Å². The highest BCUT2D eigenvalue weighted by atomic mass is 19.1. The number of amides is 1. The maximum Gasteiger partial charge on any atom is 0.234 e. The second-order valence-electron chi connectivity index (χ2n) is 3.65. The van der Waals surface area contributed by atoms with Crippen LogP contribution in [0.25, 0.3) is 0 Å². The lowest BCUT2D eigenvalue weighted by Gasteiger charge is -2.19. The quantitative estimate of drug-likeness (QED) is 0.752. The molecule has 0 heterocycles. The van der Waals surface area contributed by atoms with Gasteiger partial charge in [0.25, 0.3) is 0 Å². The minimum atomic E-state index is -0.469. The van der Waals surface area contributed by atoms with Crippen molar-refractivity contribution < 1.29 is 18.7 Å². The van der Waals surface area contributed by atoms with E-state index in [0.717, 1.165) is 0 Å². The number of ether oxygens (including phenoxy) is 1. The Morgan fingerprint density at radius 2 is 2.06 bits per heavy atom. The van der Waals surface area contributed by atoms with Gasteiger partial charge in [-0.15, -0.1) is 0 Å². The Balaban J connectivity index is 3.01. The summed E-state index contributed by atoms with van der Waals surface area (Å²) in [6, 6.07) is 3.87. The topological polar surface area (TPSA) is 46.6 Å². The van der Waals surface area contributed by atoms with E-state index in [4.69, 9.17) is 4.74 Å². The molecule has 92 valence electrons. The Labute approximate surface area is 99.0 Å². The summed E-state index contributed by atoms with van der Waals surface area (Å²) in [5, 5.41) is 0. The summed E-state index contributed by atoms with van der Waals surface area (Å²) in [6.07, 6.45) is -0.212. The van der Waals surface area contributed by atoms with Crippen LogP contribution < -0.4 is 9.64 Å². The maximum atomic E-state index is 13.1. The molecule has 0 aliphatic heterocycles. The Hall–Kier alpha value is -1.91. The monoisotopic (exact) mass is 239 g/mol. The van der Waals surface area contributed by atoms with Crippen molar-refractivity contribution in [1.82, 2.24) is 0 Å². The number of ketones is 1. The van der Waals surface area contributed by atoms with E-state index in [2.05, 4.69) is 0 Å². The predicted octanol–water partition coefficient (Wildman–Crippen LogP) is 1.78. The summed E-state index contributed by atoms with van der Waals surface area (Å²) >= 11 is 0. The number of rotatable bonds is 4. The first-order valence-corrected chi connectivity index (χ1v) is 5.05. The fraction of sp³-hybridized carbons (Fsp3) is 0.333. The lowest BCUT2D eigenvalue weighted by molar-refractivity contribution is -0.125. The van der Waals surface area contributed by atoms with Crippen molar-refractivity contribution in [3.63, 3.8) is 0 Å². The normalized spacial score (nSPS) is 9.88. The third-order valence-electron chi connectivity index (χ3n) is 2.28. The molecule has 0 aromatic heterocycles. The highest BCUT2D eigenvalue weighted by Gasteiger charge is 2.17. The molecule has 0 radical (unpaired) electrons. The van der Waals surface area contributed by atoms with E-state index in [1.165, 1.54) is 44.2 Å². The molecule has 0 aliphatic carbocycles. The van der Waals surface area contributed by atoms with Crippen LogP contribution in [0.2, 0.25) is 0 Å². The van der Waals surface area contributed by atoms with Crippen molar-refractivity contribution >= 4 is 17.4 Å². The number of halogens is 1. The minimum absolute atomic E-state index is 0.212. The second kappa shape index (κ2) is 5.43. The van der Waals surface area contributed by atoms with E-state index in [9.17, 15) is 14.0 Å². The van der Waals surface area contributed by atoms with E-state index in [-0.39, 0.29) is 12.2 Å². The van der Waals surface area contributed by atoms with Crippen LogP contribution >= 0.6 is 0 Å². The molecule has 1 aromatic rings. The largest absolute Gasteiger partial charge is 0.495 e. The number of hydrogen-bond acceptors (Lipinski definition) is 3. The number of anilines is 1. The first-order chi connectivity index (χ1) is 7.95. The first kappa shape index (κ1) is 13.2. The molecular formula is C12H14FNO3. The molecule has 0 saturated carbocycles. The number of hydrogen-bond donors (Lipinski definition) is 0. The van der Waals surface area contributed by atoms with Gasteiger partial charge in [0.2, 0.25) is 5.91 Å². The van der Waals surface area contributed by atoms with Gasteiger partial charge in [0.1, 0.15) is 17.3 Å². The van der Waals surface area contributed by atoms with E-state index < -0.39 is 11.7 Å². The standard InChI is InChI=1S/C12H14FNO3/c1-8(15)6-12(16)14(2)10-7-9(13)4-5-11(10)17-3/h4-5,7H,6H2,1-3H3. The van der Waals surface area contributed by atoms with Gasteiger partial charge in [0, 0.05) is 13.1 Å². The van der Waals surface area contributed by atoms with Gasteiger partial charge in [0.05, 0.1) is 19.2 Å². The Bertz CT molecular complexity index is 445. The van der Waals surface area contributed by atoms with Gasteiger partial charge < -0.3 is 9.64 Å². The molecule has 0 spiro atoms. The van der Waals surface area contributed by atoms with Crippen LogP contribution in [0.4, 0.5) is 10.1 Å². The van der Waals surface area contributed by atoms with Crippen LogP contribution in [0.15, 0.2) is 18.2 Å². The maximum absolute atomic E-state index is 13.1. The van der Waals surface area contributed by atoms with Crippen LogP contribution in [-0.2, 0) is 9.59 Å². The van der Waals surface area contributed by atoms with Crippen LogP contribution in [0.1, 0.15) is 13.3 Å². The molecule has 1 rings (SSSR count). The number of methoxy groups -OCH3 is 1. The Morgan fingerprint density at radius 3 is 2.59 bits per heavy atom. The van der Waals surface area contributed by atoms with Gasteiger partial charge in [-0.25, -0.2) is 4.39 Å². The Morgan fingerprint density at radius 1 is 1.41 bits per heavy atom. The van der Waals surface area contributed by atoms with Gasteiger partial charge in [-0.2, -0.15) is 0 Å². The SMILES string of the molecule is COc1ccc(F)cc1N(C)C(=O)CC(C)=O. The predicted molar refractivity (Wildman–Crippen MR) is 61.7 cm³/mol. The Kier molecular flexibility index (Phi) is 4.20. The summed E-state index contributed by atoms with van der Waals surface area (Å²) in [5.74, 6) is -0.729. The van der Waals surface area contributed by atoms with E-state index >= 15 is 0 Å². The average molecular weight is 239 g/mol. The third kappa shape index (κ3) is 3.27. The van der Waals surface area contributed by atoms with Crippen LogP contribution in [0.5, 0.6) is 5.75 Å². The zero-order valence-corrected chi connectivity index (χ0v) is 9.99. The van der Waals surface area contributed by atoms with Gasteiger partial charge in [0.15, 0.2) is 0 Å². The van der Waals surface area contributed by atoms with E-state index in [0.29, 0.717) is 11.4 Å². The highest BCUT2D eigenvalue weighted by Crippen LogP contribution is 2.28. The van der Waals surface area contributed by atoms with Crippen LogP contribution in [-0.4, -0.2) is 25.8 Å². The average Bonchev–Trinajstić information content (AvgIpc) is 2.27. The molecule has 1 aromatic carbocycles. The number of benzene rings is 1. The lowest BCUT2D eigenvalue weighted by Crippen LogP contribution is -2.28. The number of nitrogens with zero attached hydrogens (tertiary/aromatic N) is 1. The second-order valence-corrected chi connectivity index (χ2v) is 3.65. The van der Waals surface area contributed by atoms with Gasteiger partial charge >= 0.3 is 0 Å². The summed E-state index contributed by atoms with van der Waals surface area (Å²) in [5.41, 5.74) is 0.304. The van der Waals surface area contributed by atoms with Crippen LogP contribution in [0, 0.1) is 5.82 Å². The van der Waals surface area contributed by atoms with Gasteiger partial charge in [-0.05, 0) is 19.1 Å². The molecule has 0 bridgehead atoms. The van der Waals surface area contributed by atoms with Crippen LogP contribution in [0.3, 0.4) is 0 Å². The molecule has 0 N–H and O–H groups in total. The summed E-state index contributed by atoms with van der Waals surface area (Å²) in [4.78, 5) is 23.7. The van der Waals surface area contributed by atoms with Crippen molar-refractivity contribution in [3.8, 4) is 5.75 Å². The fourth-order valence-electron chi connectivity index (χ4n) is 1.39. The van der Waals surface area contributed by atoms with E-state index in [1.54, 1.807) is 0 Å². The van der Waals surface area contributed by atoms with Crippen molar-refractivity contribution in [3.05, 3.63) is 24.0 Å².